The standard InChI is InChI=1S/C11H18ClN3O3S/c1-14-8-13-10(9(14)12)19(17,18)15(2)7-11(16)5-3-4-6-11/h8,16H,3-7H2,1-2H3. The molecule has 2 rings (SSSR count). The number of halogens is 1. The van der Waals surface area contributed by atoms with Crippen molar-refractivity contribution in [3.8, 4) is 0 Å². The van der Waals surface area contributed by atoms with E-state index in [-0.39, 0.29) is 16.7 Å². The third-order valence-corrected chi connectivity index (χ3v) is 5.84. The molecule has 0 amide bonds. The first-order valence-corrected chi connectivity index (χ1v) is 7.94. The molecule has 1 fully saturated rings. The fourth-order valence-corrected chi connectivity index (χ4v) is 4.03. The molecule has 1 aromatic heterocycles. The molecule has 1 aliphatic carbocycles. The first-order chi connectivity index (χ1) is 8.76. The summed E-state index contributed by atoms with van der Waals surface area (Å²) in [4.78, 5) is 3.83. The SMILES string of the molecule is CN(CC1(O)CCCC1)S(=O)(=O)c1ncn(C)c1Cl. The molecule has 1 aromatic rings. The van der Waals surface area contributed by atoms with Crippen molar-refractivity contribution in [3.05, 3.63) is 11.5 Å². The Hall–Kier alpha value is -0.630. The van der Waals surface area contributed by atoms with Crippen LogP contribution in [0.3, 0.4) is 0 Å². The van der Waals surface area contributed by atoms with Crippen molar-refractivity contribution in [3.63, 3.8) is 0 Å². The quantitative estimate of drug-likeness (QED) is 0.900. The summed E-state index contributed by atoms with van der Waals surface area (Å²) < 4.78 is 27.3. The smallest absolute Gasteiger partial charge is 0.263 e. The van der Waals surface area contributed by atoms with Gasteiger partial charge in [-0.3, -0.25) is 0 Å². The van der Waals surface area contributed by atoms with Crippen LogP contribution in [0.1, 0.15) is 25.7 Å². The Labute approximate surface area is 118 Å². The molecule has 0 bridgehead atoms. The molecule has 0 saturated heterocycles. The lowest BCUT2D eigenvalue weighted by atomic mass is 10.0. The van der Waals surface area contributed by atoms with Gasteiger partial charge in [-0.2, -0.15) is 4.31 Å². The monoisotopic (exact) mass is 307 g/mol. The molecular formula is C11H18ClN3O3S. The highest BCUT2D eigenvalue weighted by Gasteiger charge is 2.37. The number of sulfonamides is 1. The maximum Gasteiger partial charge on any atom is 0.263 e. The number of imidazole rings is 1. The molecule has 0 spiro atoms. The van der Waals surface area contributed by atoms with Gasteiger partial charge in [0.15, 0.2) is 0 Å². The second-order valence-electron chi connectivity index (χ2n) is 5.14. The molecule has 1 aliphatic rings. The van der Waals surface area contributed by atoms with E-state index in [1.165, 1.54) is 17.9 Å². The number of aromatic nitrogens is 2. The van der Waals surface area contributed by atoms with Crippen LogP contribution in [0.15, 0.2) is 11.4 Å². The van der Waals surface area contributed by atoms with Gasteiger partial charge < -0.3 is 9.67 Å². The number of hydrogen-bond donors (Lipinski definition) is 1. The van der Waals surface area contributed by atoms with Crippen LogP contribution in [0.4, 0.5) is 0 Å². The van der Waals surface area contributed by atoms with Crippen LogP contribution in [0.5, 0.6) is 0 Å². The van der Waals surface area contributed by atoms with E-state index < -0.39 is 15.6 Å². The van der Waals surface area contributed by atoms with Crippen LogP contribution in [0.25, 0.3) is 0 Å². The van der Waals surface area contributed by atoms with Gasteiger partial charge in [0.05, 0.1) is 11.9 Å². The van der Waals surface area contributed by atoms with E-state index in [0.29, 0.717) is 12.8 Å². The van der Waals surface area contributed by atoms with Gasteiger partial charge in [-0.05, 0) is 12.8 Å². The molecule has 0 unspecified atom stereocenters. The average Bonchev–Trinajstić information content (AvgIpc) is 2.87. The number of hydrogen-bond acceptors (Lipinski definition) is 4. The fourth-order valence-electron chi connectivity index (χ4n) is 2.41. The van der Waals surface area contributed by atoms with Crippen LogP contribution < -0.4 is 0 Å². The van der Waals surface area contributed by atoms with Gasteiger partial charge in [0.1, 0.15) is 5.15 Å². The number of nitrogens with zero attached hydrogens (tertiary/aromatic N) is 3. The van der Waals surface area contributed by atoms with Gasteiger partial charge in [-0.1, -0.05) is 24.4 Å². The van der Waals surface area contributed by atoms with Gasteiger partial charge in [-0.25, -0.2) is 13.4 Å². The minimum absolute atomic E-state index is 0.0717. The molecule has 1 N–H and O–H groups in total. The lowest BCUT2D eigenvalue weighted by Crippen LogP contribution is -2.42. The summed E-state index contributed by atoms with van der Waals surface area (Å²) in [6, 6.07) is 0. The molecule has 1 heterocycles. The molecule has 8 heteroatoms. The highest BCUT2D eigenvalue weighted by molar-refractivity contribution is 7.89. The van der Waals surface area contributed by atoms with Crippen LogP contribution >= 0.6 is 11.6 Å². The van der Waals surface area contributed by atoms with Gasteiger partial charge in [-0.15, -0.1) is 0 Å². The highest BCUT2D eigenvalue weighted by Crippen LogP contribution is 2.31. The van der Waals surface area contributed by atoms with Gasteiger partial charge in [0.2, 0.25) is 5.03 Å². The summed E-state index contributed by atoms with van der Waals surface area (Å²) >= 11 is 5.92. The summed E-state index contributed by atoms with van der Waals surface area (Å²) in [5, 5.41) is 10.2. The lowest BCUT2D eigenvalue weighted by Gasteiger charge is -2.27. The van der Waals surface area contributed by atoms with E-state index in [1.807, 2.05) is 0 Å². The number of aryl methyl sites for hydroxylation is 1. The molecule has 0 aliphatic heterocycles. The molecule has 1 saturated carbocycles. The van der Waals surface area contributed by atoms with Crippen molar-refractivity contribution >= 4 is 21.6 Å². The molecule has 19 heavy (non-hydrogen) atoms. The van der Waals surface area contributed by atoms with Crippen molar-refractivity contribution in [2.45, 2.75) is 36.3 Å². The zero-order valence-electron chi connectivity index (χ0n) is 11.0. The summed E-state index contributed by atoms with van der Waals surface area (Å²) in [6.45, 7) is 0.0717. The van der Waals surface area contributed by atoms with Gasteiger partial charge in [0.25, 0.3) is 10.0 Å². The second kappa shape index (κ2) is 5.05. The van der Waals surface area contributed by atoms with E-state index >= 15 is 0 Å². The second-order valence-corrected chi connectivity index (χ2v) is 7.46. The molecule has 6 nitrogen and oxygen atoms in total. The molecule has 108 valence electrons. The minimum atomic E-state index is -3.76. The largest absolute Gasteiger partial charge is 0.389 e. The zero-order chi connectivity index (χ0) is 14.3. The predicted octanol–water partition coefficient (Wildman–Crippen LogP) is 0.999. The Morgan fingerprint density at radius 1 is 1.53 bits per heavy atom. The summed E-state index contributed by atoms with van der Waals surface area (Å²) in [5.74, 6) is 0. The Kier molecular flexibility index (Phi) is 3.92. The molecule has 0 atom stereocenters. The molecule has 0 aromatic carbocycles. The summed E-state index contributed by atoms with van der Waals surface area (Å²) in [7, 11) is -0.700. The number of likely N-dealkylation sites (N-methyl/N-ethyl adjacent to an activating group) is 1. The summed E-state index contributed by atoms with van der Waals surface area (Å²) in [6.07, 6.45) is 4.46. The highest BCUT2D eigenvalue weighted by atomic mass is 35.5. The Bertz CT molecular complexity index is 564. The third-order valence-electron chi connectivity index (χ3n) is 3.54. The van der Waals surface area contributed by atoms with Crippen molar-refractivity contribution in [1.29, 1.82) is 0 Å². The van der Waals surface area contributed by atoms with Crippen molar-refractivity contribution in [2.24, 2.45) is 7.05 Å². The average molecular weight is 308 g/mol. The maximum absolute atomic E-state index is 12.4. The Morgan fingerprint density at radius 3 is 2.58 bits per heavy atom. The van der Waals surface area contributed by atoms with E-state index in [0.717, 1.165) is 17.1 Å². The van der Waals surface area contributed by atoms with E-state index in [2.05, 4.69) is 4.98 Å². The topological polar surface area (TPSA) is 75.4 Å². The van der Waals surface area contributed by atoms with E-state index in [9.17, 15) is 13.5 Å². The first kappa shape index (κ1) is 14.8. The summed E-state index contributed by atoms with van der Waals surface area (Å²) in [5.41, 5.74) is -0.928. The Morgan fingerprint density at radius 2 is 2.11 bits per heavy atom. The van der Waals surface area contributed by atoms with Gasteiger partial charge in [0, 0.05) is 20.6 Å². The first-order valence-electron chi connectivity index (χ1n) is 6.12. The van der Waals surface area contributed by atoms with E-state index in [1.54, 1.807) is 7.05 Å². The van der Waals surface area contributed by atoms with Crippen molar-refractivity contribution in [2.75, 3.05) is 13.6 Å². The normalized spacial score (nSPS) is 19.2. The number of aliphatic hydroxyl groups is 1. The lowest BCUT2D eigenvalue weighted by molar-refractivity contribution is 0.0333. The zero-order valence-corrected chi connectivity index (χ0v) is 12.6. The predicted molar refractivity (Wildman–Crippen MR) is 71.5 cm³/mol. The van der Waals surface area contributed by atoms with Crippen LogP contribution in [-0.2, 0) is 17.1 Å². The molecular weight excluding hydrogens is 290 g/mol. The van der Waals surface area contributed by atoms with Crippen LogP contribution in [0, 0.1) is 0 Å². The van der Waals surface area contributed by atoms with Crippen LogP contribution in [-0.4, -0.2) is 46.6 Å². The Balaban J connectivity index is 2.22. The molecule has 0 radical (unpaired) electrons. The number of rotatable bonds is 4. The maximum atomic E-state index is 12.4. The van der Waals surface area contributed by atoms with Gasteiger partial charge >= 0.3 is 0 Å². The van der Waals surface area contributed by atoms with Crippen molar-refractivity contribution in [1.82, 2.24) is 13.9 Å². The van der Waals surface area contributed by atoms with Crippen LogP contribution in [0.2, 0.25) is 5.15 Å². The van der Waals surface area contributed by atoms with Crippen molar-refractivity contribution < 1.29 is 13.5 Å². The minimum Gasteiger partial charge on any atom is -0.389 e. The van der Waals surface area contributed by atoms with E-state index in [4.69, 9.17) is 11.6 Å². The fraction of sp³-hybridized carbons (Fsp3) is 0.727. The third kappa shape index (κ3) is 2.79.